The molecule has 0 amide bonds. The first-order chi connectivity index (χ1) is 8.10. The molecule has 1 heterocycles. The Balaban J connectivity index is 2.82. The van der Waals surface area contributed by atoms with Crippen molar-refractivity contribution in [3.8, 4) is 0 Å². The summed E-state index contributed by atoms with van der Waals surface area (Å²) in [5.41, 5.74) is 2.32. The Kier molecular flexibility index (Phi) is 5.56. The molecule has 3 nitrogen and oxygen atoms in total. The molecule has 0 spiro atoms. The topological polar surface area (TPSA) is 37.8 Å². The summed E-state index contributed by atoms with van der Waals surface area (Å²) >= 11 is 0. The van der Waals surface area contributed by atoms with E-state index in [1.54, 1.807) is 0 Å². The van der Waals surface area contributed by atoms with Crippen LogP contribution in [0.1, 0.15) is 69.6 Å². The van der Waals surface area contributed by atoms with E-state index in [-0.39, 0.29) is 0 Å². The Hall–Kier alpha value is -0.960. The minimum atomic E-state index is 0.334. The van der Waals surface area contributed by atoms with E-state index in [1.165, 1.54) is 5.56 Å². The Bertz CT molecular complexity index is 349. The maximum absolute atomic E-state index is 4.62. The summed E-state index contributed by atoms with van der Waals surface area (Å²) in [5, 5.41) is 3.47. The summed E-state index contributed by atoms with van der Waals surface area (Å²) in [6, 6.07) is 0.334. The highest BCUT2D eigenvalue weighted by atomic mass is 14.9. The van der Waals surface area contributed by atoms with E-state index in [9.17, 15) is 0 Å². The van der Waals surface area contributed by atoms with Crippen LogP contribution in [-0.4, -0.2) is 16.5 Å². The third-order valence-corrected chi connectivity index (χ3v) is 3.26. The van der Waals surface area contributed by atoms with Crippen LogP contribution in [0.2, 0.25) is 0 Å². The number of nitrogens with zero attached hydrogens (tertiary/aromatic N) is 2. The highest BCUT2D eigenvalue weighted by Crippen LogP contribution is 2.19. The number of hydrogen-bond acceptors (Lipinski definition) is 3. The number of rotatable bonds is 6. The Morgan fingerprint density at radius 2 is 2.00 bits per heavy atom. The zero-order chi connectivity index (χ0) is 12.8. The van der Waals surface area contributed by atoms with Crippen LogP contribution in [0, 0.1) is 6.92 Å². The van der Waals surface area contributed by atoms with E-state index >= 15 is 0 Å². The monoisotopic (exact) mass is 235 g/mol. The van der Waals surface area contributed by atoms with Crippen LogP contribution in [0.5, 0.6) is 0 Å². The minimum Gasteiger partial charge on any atom is -0.310 e. The molecule has 0 aliphatic carbocycles. The predicted molar refractivity (Wildman–Crippen MR) is 72.2 cm³/mol. The lowest BCUT2D eigenvalue weighted by molar-refractivity contribution is 0.560. The van der Waals surface area contributed by atoms with Gasteiger partial charge in [0, 0.05) is 29.4 Å². The molecule has 0 saturated heterocycles. The molecule has 0 aliphatic heterocycles. The molecule has 1 aromatic rings. The van der Waals surface area contributed by atoms with Crippen molar-refractivity contribution in [2.75, 3.05) is 6.54 Å². The maximum Gasteiger partial charge on any atom is 0.131 e. The summed E-state index contributed by atoms with van der Waals surface area (Å²) in [5.74, 6) is 1.41. The summed E-state index contributed by atoms with van der Waals surface area (Å²) < 4.78 is 0. The quantitative estimate of drug-likeness (QED) is 0.821. The molecular weight excluding hydrogens is 210 g/mol. The van der Waals surface area contributed by atoms with Gasteiger partial charge in [0.25, 0.3) is 0 Å². The lowest BCUT2D eigenvalue weighted by Crippen LogP contribution is -2.21. The van der Waals surface area contributed by atoms with Gasteiger partial charge in [-0.05, 0) is 33.2 Å². The van der Waals surface area contributed by atoms with Crippen molar-refractivity contribution < 1.29 is 0 Å². The van der Waals surface area contributed by atoms with Crippen molar-refractivity contribution in [2.45, 2.75) is 59.4 Å². The zero-order valence-corrected chi connectivity index (χ0v) is 11.7. The summed E-state index contributed by atoms with van der Waals surface area (Å²) in [4.78, 5) is 9.11. The second-order valence-corrected chi connectivity index (χ2v) is 4.75. The molecule has 1 rings (SSSR count). The average Bonchev–Trinajstić information content (AvgIpc) is 2.34. The first-order valence-electron chi connectivity index (χ1n) is 6.66. The molecule has 0 radical (unpaired) electrons. The molecule has 2 atom stereocenters. The molecular formula is C14H25N3. The average molecular weight is 235 g/mol. The van der Waals surface area contributed by atoms with E-state index in [0.717, 1.165) is 30.9 Å². The van der Waals surface area contributed by atoms with Gasteiger partial charge in [-0.1, -0.05) is 20.8 Å². The molecule has 0 fully saturated rings. The fourth-order valence-electron chi connectivity index (χ4n) is 1.81. The third kappa shape index (κ3) is 3.77. The Morgan fingerprint density at radius 1 is 1.29 bits per heavy atom. The normalized spacial score (nSPS) is 14.6. The summed E-state index contributed by atoms with van der Waals surface area (Å²) in [6.45, 7) is 11.8. The van der Waals surface area contributed by atoms with Gasteiger partial charge in [-0.2, -0.15) is 0 Å². The van der Waals surface area contributed by atoms with Gasteiger partial charge in [-0.3, -0.25) is 0 Å². The second-order valence-electron chi connectivity index (χ2n) is 4.75. The van der Waals surface area contributed by atoms with Gasteiger partial charge in [-0.25, -0.2) is 9.97 Å². The van der Waals surface area contributed by atoms with Crippen molar-refractivity contribution in [2.24, 2.45) is 0 Å². The zero-order valence-electron chi connectivity index (χ0n) is 11.7. The van der Waals surface area contributed by atoms with E-state index < -0.39 is 0 Å². The lowest BCUT2D eigenvalue weighted by atomic mass is 10.1. The van der Waals surface area contributed by atoms with Crippen molar-refractivity contribution in [1.29, 1.82) is 0 Å². The standard InChI is InChI=1S/C14H25N3/c1-6-8-15-11(4)13-9-16-14(10(3)7-2)17-12(13)5/h9-11,15H,6-8H2,1-5H3. The number of aryl methyl sites for hydroxylation is 1. The van der Waals surface area contributed by atoms with Crippen molar-refractivity contribution in [1.82, 2.24) is 15.3 Å². The van der Waals surface area contributed by atoms with Crippen LogP contribution < -0.4 is 5.32 Å². The van der Waals surface area contributed by atoms with Crippen molar-refractivity contribution in [3.63, 3.8) is 0 Å². The van der Waals surface area contributed by atoms with Gasteiger partial charge in [-0.15, -0.1) is 0 Å². The third-order valence-electron chi connectivity index (χ3n) is 3.26. The van der Waals surface area contributed by atoms with Gasteiger partial charge >= 0.3 is 0 Å². The van der Waals surface area contributed by atoms with E-state index in [1.807, 2.05) is 6.20 Å². The number of nitrogens with one attached hydrogen (secondary N) is 1. The smallest absolute Gasteiger partial charge is 0.131 e. The molecule has 1 N–H and O–H groups in total. The highest BCUT2D eigenvalue weighted by molar-refractivity contribution is 5.20. The molecule has 1 aromatic heterocycles. The van der Waals surface area contributed by atoms with Gasteiger partial charge in [0.1, 0.15) is 5.82 Å². The maximum atomic E-state index is 4.62. The first kappa shape index (κ1) is 14.1. The minimum absolute atomic E-state index is 0.334. The molecule has 2 unspecified atom stereocenters. The highest BCUT2D eigenvalue weighted by Gasteiger charge is 2.12. The van der Waals surface area contributed by atoms with Crippen molar-refractivity contribution in [3.05, 3.63) is 23.3 Å². The van der Waals surface area contributed by atoms with Gasteiger partial charge in [0.15, 0.2) is 0 Å². The van der Waals surface area contributed by atoms with E-state index in [0.29, 0.717) is 12.0 Å². The molecule has 0 bridgehead atoms. The van der Waals surface area contributed by atoms with E-state index in [4.69, 9.17) is 0 Å². The van der Waals surface area contributed by atoms with E-state index in [2.05, 4.69) is 49.9 Å². The summed E-state index contributed by atoms with van der Waals surface area (Å²) in [7, 11) is 0. The molecule has 0 saturated carbocycles. The van der Waals surface area contributed by atoms with Gasteiger partial charge in [0.2, 0.25) is 0 Å². The lowest BCUT2D eigenvalue weighted by Gasteiger charge is -2.16. The fraction of sp³-hybridized carbons (Fsp3) is 0.714. The SMILES string of the molecule is CCCNC(C)c1cnc(C(C)CC)nc1C. The van der Waals surface area contributed by atoms with Crippen LogP contribution in [0.15, 0.2) is 6.20 Å². The molecule has 17 heavy (non-hydrogen) atoms. The largest absolute Gasteiger partial charge is 0.310 e. The Morgan fingerprint density at radius 3 is 2.53 bits per heavy atom. The van der Waals surface area contributed by atoms with Crippen molar-refractivity contribution >= 4 is 0 Å². The van der Waals surface area contributed by atoms with Gasteiger partial charge < -0.3 is 5.32 Å². The van der Waals surface area contributed by atoms with Crippen LogP contribution in [0.3, 0.4) is 0 Å². The van der Waals surface area contributed by atoms with Crippen LogP contribution in [-0.2, 0) is 0 Å². The van der Waals surface area contributed by atoms with Crippen LogP contribution >= 0.6 is 0 Å². The predicted octanol–water partition coefficient (Wildman–Crippen LogP) is 3.36. The van der Waals surface area contributed by atoms with Crippen LogP contribution in [0.25, 0.3) is 0 Å². The number of hydrogen-bond donors (Lipinski definition) is 1. The Labute approximate surface area is 105 Å². The van der Waals surface area contributed by atoms with Gasteiger partial charge in [0.05, 0.1) is 0 Å². The molecule has 0 aromatic carbocycles. The fourth-order valence-corrected chi connectivity index (χ4v) is 1.81. The molecule has 96 valence electrons. The summed E-state index contributed by atoms with van der Waals surface area (Å²) in [6.07, 6.45) is 4.22. The first-order valence-corrected chi connectivity index (χ1v) is 6.66. The molecule has 3 heteroatoms. The number of aromatic nitrogens is 2. The molecule has 0 aliphatic rings. The second kappa shape index (κ2) is 6.70. The van der Waals surface area contributed by atoms with Crippen LogP contribution in [0.4, 0.5) is 0 Å².